The average molecular weight is 442 g/mol. The molecule has 1 aliphatic carbocycles. The van der Waals surface area contributed by atoms with Crippen molar-refractivity contribution in [3.63, 3.8) is 0 Å². The Kier molecular flexibility index (Phi) is 4.84. The normalized spacial score (nSPS) is 13.6. The highest BCUT2D eigenvalue weighted by atomic mass is 35.5. The lowest BCUT2D eigenvalue weighted by Crippen LogP contribution is -2.37. The third-order valence-corrected chi connectivity index (χ3v) is 6.09. The lowest BCUT2D eigenvalue weighted by Gasteiger charge is -2.21. The van der Waals surface area contributed by atoms with E-state index in [1.807, 2.05) is 17.5 Å². The van der Waals surface area contributed by atoms with Crippen molar-refractivity contribution in [1.29, 1.82) is 0 Å². The topological polar surface area (TPSA) is 94.1 Å². The fourth-order valence-electron chi connectivity index (χ4n) is 3.26. The predicted octanol–water partition coefficient (Wildman–Crippen LogP) is 3.35. The molecule has 10 heteroatoms. The molecular weight excluding hydrogens is 426 g/mol. The maximum atomic E-state index is 13.0. The second kappa shape index (κ2) is 7.66. The minimum absolute atomic E-state index is 0.0837. The fraction of sp³-hybridized carbons (Fsp3) is 0.250. The first-order chi connectivity index (χ1) is 14.6. The third-order valence-electron chi connectivity index (χ3n) is 4.94. The molecule has 1 aromatic carbocycles. The first-order valence-electron chi connectivity index (χ1n) is 9.39. The zero-order valence-electron chi connectivity index (χ0n) is 15.7. The van der Waals surface area contributed by atoms with Crippen LogP contribution in [0.15, 0.2) is 51.3 Å². The van der Waals surface area contributed by atoms with E-state index in [1.54, 1.807) is 23.1 Å². The van der Waals surface area contributed by atoms with Crippen molar-refractivity contribution in [2.24, 2.45) is 0 Å². The molecule has 152 valence electrons. The molecule has 3 aromatic heterocycles. The van der Waals surface area contributed by atoms with Crippen LogP contribution in [0.4, 0.5) is 0 Å². The molecule has 8 nitrogen and oxygen atoms in total. The van der Waals surface area contributed by atoms with E-state index in [0.29, 0.717) is 32.6 Å². The second-order valence-corrected chi connectivity index (χ2v) is 8.35. The molecule has 1 fully saturated rings. The molecule has 1 saturated carbocycles. The molecule has 3 heterocycles. The van der Waals surface area contributed by atoms with Gasteiger partial charge in [0.2, 0.25) is 17.7 Å². The second-order valence-electron chi connectivity index (χ2n) is 7.05. The molecule has 4 aromatic rings. The Morgan fingerprint density at radius 2 is 2.10 bits per heavy atom. The summed E-state index contributed by atoms with van der Waals surface area (Å²) in [5.41, 5.74) is 0.424. The summed E-state index contributed by atoms with van der Waals surface area (Å²) < 4.78 is 7.09. The molecule has 0 radical (unpaired) electrons. The van der Waals surface area contributed by atoms with Crippen molar-refractivity contribution in [2.45, 2.75) is 32.0 Å². The molecule has 0 N–H and O–H groups in total. The van der Waals surface area contributed by atoms with Gasteiger partial charge in [-0.05, 0) is 36.4 Å². The Morgan fingerprint density at radius 3 is 2.90 bits per heavy atom. The van der Waals surface area contributed by atoms with E-state index in [0.717, 1.165) is 12.8 Å². The van der Waals surface area contributed by atoms with E-state index < -0.39 is 0 Å². The van der Waals surface area contributed by atoms with Crippen LogP contribution in [-0.4, -0.2) is 36.6 Å². The van der Waals surface area contributed by atoms with Gasteiger partial charge in [-0.2, -0.15) is 0 Å². The Morgan fingerprint density at radius 1 is 1.27 bits per heavy atom. The minimum Gasteiger partial charge on any atom is -0.419 e. The molecule has 0 spiro atoms. The van der Waals surface area contributed by atoms with Gasteiger partial charge in [0.25, 0.3) is 5.56 Å². The number of carbonyl (C=O) groups is 1. The molecule has 1 aliphatic rings. The van der Waals surface area contributed by atoms with Gasteiger partial charge in [0.15, 0.2) is 0 Å². The highest BCUT2D eigenvalue weighted by Crippen LogP contribution is 2.30. The summed E-state index contributed by atoms with van der Waals surface area (Å²) >= 11 is 7.59. The number of hydrogen-bond acceptors (Lipinski definition) is 7. The smallest absolute Gasteiger partial charge is 0.262 e. The van der Waals surface area contributed by atoms with Crippen LogP contribution >= 0.6 is 22.9 Å². The van der Waals surface area contributed by atoms with E-state index in [4.69, 9.17) is 16.0 Å². The van der Waals surface area contributed by atoms with Gasteiger partial charge in [0, 0.05) is 6.04 Å². The average Bonchev–Trinajstić information content (AvgIpc) is 3.27. The van der Waals surface area contributed by atoms with Crippen LogP contribution in [-0.2, 0) is 17.9 Å². The van der Waals surface area contributed by atoms with Crippen LogP contribution < -0.4 is 5.56 Å². The van der Waals surface area contributed by atoms with Crippen LogP contribution in [0.2, 0.25) is 5.02 Å². The van der Waals surface area contributed by atoms with Crippen LogP contribution in [0.25, 0.3) is 21.7 Å². The van der Waals surface area contributed by atoms with E-state index in [9.17, 15) is 9.59 Å². The van der Waals surface area contributed by atoms with E-state index >= 15 is 0 Å². The van der Waals surface area contributed by atoms with Crippen LogP contribution in [0.3, 0.4) is 0 Å². The van der Waals surface area contributed by atoms with E-state index in [1.165, 1.54) is 22.2 Å². The number of halogens is 1. The van der Waals surface area contributed by atoms with Gasteiger partial charge in [-0.25, -0.2) is 4.98 Å². The quantitative estimate of drug-likeness (QED) is 0.455. The number of thiophene rings is 1. The standard InChI is InChI=1S/C20H16ClN5O3S/c21-15-4-2-1-3-13(15)18-24-23-16(29-18)9-26(12-5-6-12)17(27)10-25-11-22-19-14(20(25)28)7-8-30-19/h1-4,7-8,11-12H,5-6,9-10H2. The van der Waals surface area contributed by atoms with Crippen molar-refractivity contribution in [1.82, 2.24) is 24.6 Å². The maximum absolute atomic E-state index is 13.0. The molecule has 30 heavy (non-hydrogen) atoms. The van der Waals surface area contributed by atoms with Gasteiger partial charge >= 0.3 is 0 Å². The SMILES string of the molecule is O=C(Cn1cnc2sccc2c1=O)N(Cc1nnc(-c2ccccc2Cl)o1)C1CC1. The summed E-state index contributed by atoms with van der Waals surface area (Å²) in [5.74, 6) is 0.444. The molecule has 5 rings (SSSR count). The van der Waals surface area contributed by atoms with Gasteiger partial charge in [-0.1, -0.05) is 23.7 Å². The predicted molar refractivity (Wildman–Crippen MR) is 112 cm³/mol. The Balaban J connectivity index is 1.36. The summed E-state index contributed by atoms with van der Waals surface area (Å²) in [6.45, 7) is 0.101. The molecular formula is C20H16ClN5O3S. The number of carbonyl (C=O) groups excluding carboxylic acids is 1. The van der Waals surface area contributed by atoms with Crippen LogP contribution in [0.5, 0.6) is 0 Å². The summed E-state index contributed by atoms with van der Waals surface area (Å²) in [6.07, 6.45) is 3.24. The zero-order chi connectivity index (χ0) is 20.7. The van der Waals surface area contributed by atoms with E-state index in [2.05, 4.69) is 15.2 Å². The molecule has 0 unspecified atom stereocenters. The Labute approximate surface area is 179 Å². The van der Waals surface area contributed by atoms with Crippen molar-refractivity contribution < 1.29 is 9.21 Å². The largest absolute Gasteiger partial charge is 0.419 e. The van der Waals surface area contributed by atoms with E-state index in [-0.39, 0.29) is 30.6 Å². The lowest BCUT2D eigenvalue weighted by atomic mass is 10.2. The molecule has 0 saturated heterocycles. The number of hydrogen-bond donors (Lipinski definition) is 0. The van der Waals surface area contributed by atoms with Crippen molar-refractivity contribution in [3.8, 4) is 11.5 Å². The lowest BCUT2D eigenvalue weighted by molar-refractivity contribution is -0.133. The number of benzene rings is 1. The first-order valence-corrected chi connectivity index (χ1v) is 10.7. The van der Waals surface area contributed by atoms with Gasteiger partial charge < -0.3 is 9.32 Å². The Bertz CT molecular complexity index is 1290. The first kappa shape index (κ1) is 19.0. The zero-order valence-corrected chi connectivity index (χ0v) is 17.3. The highest BCUT2D eigenvalue weighted by Gasteiger charge is 2.34. The minimum atomic E-state index is -0.218. The molecule has 1 amide bonds. The van der Waals surface area contributed by atoms with Crippen LogP contribution in [0.1, 0.15) is 18.7 Å². The van der Waals surface area contributed by atoms with Gasteiger partial charge in [-0.3, -0.25) is 14.2 Å². The fourth-order valence-corrected chi connectivity index (χ4v) is 4.20. The summed E-state index contributed by atoms with van der Waals surface area (Å²) in [4.78, 5) is 32.2. The van der Waals surface area contributed by atoms with Crippen molar-refractivity contribution in [2.75, 3.05) is 0 Å². The summed E-state index contributed by atoms with van der Waals surface area (Å²) in [7, 11) is 0. The number of rotatable bonds is 6. The van der Waals surface area contributed by atoms with Crippen molar-refractivity contribution in [3.05, 3.63) is 63.3 Å². The summed E-state index contributed by atoms with van der Waals surface area (Å²) in [5, 5.41) is 11.0. The van der Waals surface area contributed by atoms with Gasteiger partial charge in [0.05, 0.1) is 28.8 Å². The molecule has 0 bridgehead atoms. The maximum Gasteiger partial charge on any atom is 0.262 e. The summed E-state index contributed by atoms with van der Waals surface area (Å²) in [6, 6.07) is 9.04. The molecule has 0 atom stereocenters. The van der Waals surface area contributed by atoms with Gasteiger partial charge in [-0.15, -0.1) is 21.5 Å². The Hall–Kier alpha value is -3.04. The third kappa shape index (κ3) is 3.61. The number of amides is 1. The van der Waals surface area contributed by atoms with Gasteiger partial charge in [0.1, 0.15) is 11.4 Å². The number of fused-ring (bicyclic) bond motifs is 1. The number of aromatic nitrogens is 4. The molecule has 0 aliphatic heterocycles. The van der Waals surface area contributed by atoms with Crippen molar-refractivity contribution >= 4 is 39.1 Å². The number of nitrogens with zero attached hydrogens (tertiary/aromatic N) is 5. The monoisotopic (exact) mass is 441 g/mol. The van der Waals surface area contributed by atoms with Crippen LogP contribution in [0, 0.1) is 0 Å². The highest BCUT2D eigenvalue weighted by molar-refractivity contribution is 7.16.